The van der Waals surface area contributed by atoms with E-state index >= 15 is 0 Å². The lowest BCUT2D eigenvalue weighted by Crippen LogP contribution is -2.42. The monoisotopic (exact) mass is 389 g/mol. The standard InChI is InChI=1S/C23H35NO2S/c1-17(2)27(25,26)23-10-8-20(9-11-23)19(4)21-12-14-24(15-13-21)22-7-5-6-18(3)16-22/h8-11,17-18,22H,5-7,12-16H2,1-4H3. The third-order valence-electron chi connectivity index (χ3n) is 6.59. The van der Waals surface area contributed by atoms with Crippen molar-refractivity contribution in [2.45, 2.75) is 82.4 Å². The fourth-order valence-corrected chi connectivity index (χ4v) is 5.70. The maximum atomic E-state index is 12.3. The maximum Gasteiger partial charge on any atom is 0.180 e. The SMILES string of the molecule is CC(=C1CCN(C2CCCC(C)C2)CC1)c1ccc(S(=O)(=O)C(C)C)cc1. The quantitative estimate of drug-likeness (QED) is 0.700. The summed E-state index contributed by atoms with van der Waals surface area (Å²) < 4.78 is 24.6. The van der Waals surface area contributed by atoms with E-state index in [1.807, 2.05) is 12.1 Å². The second-order valence-electron chi connectivity index (χ2n) is 8.81. The fraction of sp³-hybridized carbons (Fsp3) is 0.652. The highest BCUT2D eigenvalue weighted by atomic mass is 32.2. The van der Waals surface area contributed by atoms with Crippen LogP contribution < -0.4 is 0 Å². The van der Waals surface area contributed by atoms with E-state index in [-0.39, 0.29) is 5.25 Å². The lowest BCUT2D eigenvalue weighted by molar-refractivity contribution is 0.126. The highest BCUT2D eigenvalue weighted by molar-refractivity contribution is 7.92. The summed E-state index contributed by atoms with van der Waals surface area (Å²) in [6.45, 7) is 10.4. The first kappa shape index (κ1) is 20.6. The summed E-state index contributed by atoms with van der Waals surface area (Å²) in [5.41, 5.74) is 4.03. The Balaban J connectivity index is 1.67. The van der Waals surface area contributed by atoms with Gasteiger partial charge in [0.15, 0.2) is 9.84 Å². The van der Waals surface area contributed by atoms with Crippen molar-refractivity contribution in [3.05, 3.63) is 35.4 Å². The van der Waals surface area contributed by atoms with Gasteiger partial charge in [0.2, 0.25) is 0 Å². The molecule has 1 saturated heterocycles. The van der Waals surface area contributed by atoms with Gasteiger partial charge in [-0.1, -0.05) is 37.5 Å². The molecule has 2 unspecified atom stereocenters. The number of piperidine rings is 1. The first-order valence-corrected chi connectivity index (χ1v) is 12.1. The summed E-state index contributed by atoms with van der Waals surface area (Å²) in [6.07, 6.45) is 7.80. The zero-order valence-electron chi connectivity index (χ0n) is 17.4. The fourth-order valence-electron chi connectivity index (χ4n) is 4.64. The first-order chi connectivity index (χ1) is 12.8. The maximum absolute atomic E-state index is 12.3. The molecular formula is C23H35NO2S. The van der Waals surface area contributed by atoms with Crippen molar-refractivity contribution in [3.8, 4) is 0 Å². The lowest BCUT2D eigenvalue weighted by atomic mass is 9.85. The van der Waals surface area contributed by atoms with Gasteiger partial charge in [0.05, 0.1) is 10.1 Å². The van der Waals surface area contributed by atoms with Crippen LogP contribution in [0.1, 0.15) is 71.8 Å². The van der Waals surface area contributed by atoms with Crippen LogP contribution in [0.25, 0.3) is 5.57 Å². The van der Waals surface area contributed by atoms with Gasteiger partial charge < -0.3 is 0 Å². The number of allylic oxidation sites excluding steroid dienone is 1. The van der Waals surface area contributed by atoms with Crippen LogP contribution in [0.4, 0.5) is 0 Å². The third-order valence-corrected chi connectivity index (χ3v) is 8.76. The van der Waals surface area contributed by atoms with Crippen LogP contribution in [0.15, 0.2) is 34.7 Å². The zero-order chi connectivity index (χ0) is 19.6. The van der Waals surface area contributed by atoms with Crippen LogP contribution in [0.2, 0.25) is 0 Å². The van der Waals surface area contributed by atoms with E-state index in [0.717, 1.165) is 30.4 Å². The molecule has 2 aliphatic rings. The molecule has 0 amide bonds. The van der Waals surface area contributed by atoms with E-state index in [2.05, 4.69) is 18.7 Å². The second-order valence-corrected chi connectivity index (χ2v) is 11.3. The Morgan fingerprint density at radius 2 is 1.70 bits per heavy atom. The van der Waals surface area contributed by atoms with Gasteiger partial charge in [-0.3, -0.25) is 4.90 Å². The molecule has 0 N–H and O–H groups in total. The van der Waals surface area contributed by atoms with Crippen molar-refractivity contribution in [2.75, 3.05) is 13.1 Å². The molecule has 0 radical (unpaired) electrons. The minimum atomic E-state index is -3.19. The van der Waals surface area contributed by atoms with Gasteiger partial charge in [0.1, 0.15) is 0 Å². The summed E-state index contributed by atoms with van der Waals surface area (Å²) in [7, 11) is -3.19. The van der Waals surface area contributed by atoms with E-state index in [0.29, 0.717) is 4.90 Å². The van der Waals surface area contributed by atoms with Crippen molar-refractivity contribution in [1.29, 1.82) is 0 Å². The molecule has 0 spiro atoms. The van der Waals surface area contributed by atoms with E-state index in [9.17, 15) is 8.42 Å². The van der Waals surface area contributed by atoms with Crippen LogP contribution in [0, 0.1) is 5.92 Å². The highest BCUT2D eigenvalue weighted by Crippen LogP contribution is 2.32. The van der Waals surface area contributed by atoms with Gasteiger partial charge in [-0.05, 0) is 75.6 Å². The Labute approximate surface area is 165 Å². The normalized spacial score (nSPS) is 25.0. The van der Waals surface area contributed by atoms with Crippen molar-refractivity contribution in [2.24, 2.45) is 5.92 Å². The topological polar surface area (TPSA) is 37.4 Å². The molecule has 3 rings (SSSR count). The molecule has 1 aliphatic carbocycles. The lowest BCUT2D eigenvalue weighted by Gasteiger charge is -2.39. The zero-order valence-corrected chi connectivity index (χ0v) is 18.2. The minimum Gasteiger partial charge on any atom is -0.300 e. The number of nitrogens with zero attached hydrogens (tertiary/aromatic N) is 1. The predicted molar refractivity (Wildman–Crippen MR) is 114 cm³/mol. The van der Waals surface area contributed by atoms with E-state index < -0.39 is 9.84 Å². The molecule has 27 heavy (non-hydrogen) atoms. The summed E-state index contributed by atoms with van der Waals surface area (Å²) in [5.74, 6) is 0.878. The van der Waals surface area contributed by atoms with Crippen molar-refractivity contribution in [3.63, 3.8) is 0 Å². The number of hydrogen-bond donors (Lipinski definition) is 0. The van der Waals surface area contributed by atoms with E-state index in [1.165, 1.54) is 49.9 Å². The predicted octanol–water partition coefficient (Wildman–Crippen LogP) is 5.32. The molecule has 1 saturated carbocycles. The van der Waals surface area contributed by atoms with Crippen LogP contribution in [-0.4, -0.2) is 37.7 Å². The van der Waals surface area contributed by atoms with Gasteiger partial charge in [-0.25, -0.2) is 8.42 Å². The number of likely N-dealkylation sites (tertiary alicyclic amines) is 1. The van der Waals surface area contributed by atoms with Gasteiger partial charge in [-0.2, -0.15) is 0 Å². The number of hydrogen-bond acceptors (Lipinski definition) is 3. The molecular weight excluding hydrogens is 354 g/mol. The molecule has 150 valence electrons. The van der Waals surface area contributed by atoms with Crippen LogP contribution in [0.5, 0.6) is 0 Å². The van der Waals surface area contributed by atoms with Gasteiger partial charge in [0.25, 0.3) is 0 Å². The summed E-state index contributed by atoms with van der Waals surface area (Å²) >= 11 is 0. The molecule has 1 aliphatic heterocycles. The Hall–Kier alpha value is -1.13. The minimum absolute atomic E-state index is 0.380. The third kappa shape index (κ3) is 4.65. The Bertz CT molecular complexity index is 767. The molecule has 1 heterocycles. The first-order valence-electron chi connectivity index (χ1n) is 10.6. The van der Waals surface area contributed by atoms with Crippen molar-refractivity contribution in [1.82, 2.24) is 4.90 Å². The van der Waals surface area contributed by atoms with Crippen LogP contribution in [0.3, 0.4) is 0 Å². The van der Waals surface area contributed by atoms with Crippen molar-refractivity contribution >= 4 is 15.4 Å². The smallest absolute Gasteiger partial charge is 0.180 e. The molecule has 1 aromatic rings. The summed E-state index contributed by atoms with van der Waals surface area (Å²) in [4.78, 5) is 3.14. The number of benzene rings is 1. The average molecular weight is 390 g/mol. The molecule has 1 aromatic carbocycles. The Kier molecular flexibility index (Phi) is 6.47. The van der Waals surface area contributed by atoms with Crippen LogP contribution in [-0.2, 0) is 9.84 Å². The average Bonchev–Trinajstić information content (AvgIpc) is 2.67. The van der Waals surface area contributed by atoms with Crippen LogP contribution >= 0.6 is 0 Å². The van der Waals surface area contributed by atoms with E-state index in [1.54, 1.807) is 26.0 Å². The van der Waals surface area contributed by atoms with E-state index in [4.69, 9.17) is 0 Å². The van der Waals surface area contributed by atoms with Gasteiger partial charge >= 0.3 is 0 Å². The Morgan fingerprint density at radius 3 is 2.26 bits per heavy atom. The van der Waals surface area contributed by atoms with Crippen molar-refractivity contribution < 1.29 is 8.42 Å². The highest BCUT2D eigenvalue weighted by Gasteiger charge is 2.27. The molecule has 3 nitrogen and oxygen atoms in total. The molecule has 2 atom stereocenters. The molecule has 0 aromatic heterocycles. The molecule has 2 fully saturated rings. The molecule has 0 bridgehead atoms. The second kappa shape index (κ2) is 8.48. The van der Waals surface area contributed by atoms with Gasteiger partial charge in [0, 0.05) is 19.1 Å². The molecule has 4 heteroatoms. The number of sulfone groups is 1. The Morgan fingerprint density at radius 1 is 1.07 bits per heavy atom. The van der Waals surface area contributed by atoms with Gasteiger partial charge in [-0.15, -0.1) is 0 Å². The summed E-state index contributed by atoms with van der Waals surface area (Å²) in [6, 6.07) is 8.29. The largest absolute Gasteiger partial charge is 0.300 e. The summed E-state index contributed by atoms with van der Waals surface area (Å²) in [5, 5.41) is -0.380. The number of rotatable bonds is 4.